The van der Waals surface area contributed by atoms with Crippen LogP contribution in [0.4, 0.5) is 0 Å². The van der Waals surface area contributed by atoms with E-state index in [1.165, 1.54) is 16.0 Å². The van der Waals surface area contributed by atoms with Crippen molar-refractivity contribution in [2.75, 3.05) is 26.0 Å². The Morgan fingerprint density at radius 2 is 1.95 bits per heavy atom. The average molecular weight is 279 g/mol. The van der Waals surface area contributed by atoms with Crippen LogP contribution >= 0.6 is 11.8 Å². The van der Waals surface area contributed by atoms with Crippen LogP contribution in [0.2, 0.25) is 0 Å². The predicted molar refractivity (Wildman–Crippen MR) is 80.4 cm³/mol. The molecule has 0 amide bonds. The number of fused-ring (bicyclic) bond motifs is 1. The lowest BCUT2D eigenvalue weighted by molar-refractivity contribution is 0.171. The smallest absolute Gasteiger partial charge is 0.162 e. The number of thioether (sulfide) groups is 1. The molecule has 3 nitrogen and oxygen atoms in total. The van der Waals surface area contributed by atoms with Crippen LogP contribution in [0.1, 0.15) is 19.4 Å². The molecule has 1 aromatic rings. The number of allylic oxidation sites excluding steroid dienone is 1. The zero-order valence-electron chi connectivity index (χ0n) is 11.8. The van der Waals surface area contributed by atoms with Gasteiger partial charge in [0.25, 0.3) is 0 Å². The summed E-state index contributed by atoms with van der Waals surface area (Å²) >= 11 is 1.74. The molecule has 0 unspecified atom stereocenters. The van der Waals surface area contributed by atoms with Crippen LogP contribution < -0.4 is 14.8 Å². The maximum Gasteiger partial charge on any atom is 0.162 e. The topological polar surface area (TPSA) is 30.5 Å². The number of hydrogen-bond donors (Lipinski definition) is 1. The Hall–Kier alpha value is -1.13. The predicted octanol–water partition coefficient (Wildman–Crippen LogP) is 3.24. The maximum absolute atomic E-state index is 5.63. The van der Waals surface area contributed by atoms with Crippen LogP contribution in [0.5, 0.6) is 11.5 Å². The summed E-state index contributed by atoms with van der Waals surface area (Å²) in [7, 11) is 0. The lowest BCUT2D eigenvalue weighted by Crippen LogP contribution is -2.17. The molecule has 0 radical (unpaired) electrons. The summed E-state index contributed by atoms with van der Waals surface area (Å²) in [4.78, 5) is 1.24. The van der Waals surface area contributed by atoms with Crippen molar-refractivity contribution in [1.29, 1.82) is 0 Å². The van der Waals surface area contributed by atoms with Gasteiger partial charge in [-0.3, -0.25) is 0 Å². The number of benzene rings is 1. The van der Waals surface area contributed by atoms with E-state index in [1.807, 2.05) is 0 Å². The Kier molecular flexibility index (Phi) is 5.16. The van der Waals surface area contributed by atoms with Crippen molar-refractivity contribution in [2.24, 2.45) is 0 Å². The van der Waals surface area contributed by atoms with Gasteiger partial charge in [-0.15, -0.1) is 11.8 Å². The third-order valence-corrected chi connectivity index (χ3v) is 3.74. The van der Waals surface area contributed by atoms with Crippen molar-refractivity contribution < 1.29 is 9.47 Å². The molecule has 0 bridgehead atoms. The molecule has 1 aromatic carbocycles. The van der Waals surface area contributed by atoms with Crippen molar-refractivity contribution in [3.8, 4) is 11.5 Å². The van der Waals surface area contributed by atoms with Crippen LogP contribution in [0, 0.1) is 0 Å². The van der Waals surface area contributed by atoms with E-state index in [4.69, 9.17) is 9.47 Å². The molecule has 0 spiro atoms. The third-order valence-electron chi connectivity index (χ3n) is 2.92. The zero-order chi connectivity index (χ0) is 13.7. The van der Waals surface area contributed by atoms with Crippen LogP contribution in [0.3, 0.4) is 0 Å². The fourth-order valence-electron chi connectivity index (χ4n) is 1.92. The van der Waals surface area contributed by atoms with E-state index in [9.17, 15) is 0 Å². The van der Waals surface area contributed by atoms with Crippen molar-refractivity contribution in [3.05, 3.63) is 29.3 Å². The van der Waals surface area contributed by atoms with E-state index in [0.29, 0.717) is 13.2 Å². The molecule has 0 aromatic heterocycles. The standard InChI is InChI=1S/C15H21NO2S/c1-11(2)4-5-16-10-12-8-13-14(9-15(12)19-3)18-7-6-17-13/h4,8-9,16H,5-7,10H2,1-3H3. The van der Waals surface area contributed by atoms with Gasteiger partial charge < -0.3 is 14.8 Å². The first-order valence-corrected chi connectivity index (χ1v) is 7.74. The van der Waals surface area contributed by atoms with Gasteiger partial charge in [0.2, 0.25) is 0 Å². The average Bonchev–Trinajstić information content (AvgIpc) is 2.42. The largest absolute Gasteiger partial charge is 0.486 e. The second-order valence-electron chi connectivity index (χ2n) is 4.72. The molecular weight excluding hydrogens is 258 g/mol. The summed E-state index contributed by atoms with van der Waals surface area (Å²) in [6, 6.07) is 4.17. The van der Waals surface area contributed by atoms with Gasteiger partial charge >= 0.3 is 0 Å². The lowest BCUT2D eigenvalue weighted by atomic mass is 10.2. The van der Waals surface area contributed by atoms with E-state index >= 15 is 0 Å². The minimum atomic E-state index is 0.635. The molecule has 0 fully saturated rings. The van der Waals surface area contributed by atoms with Crippen molar-refractivity contribution in [3.63, 3.8) is 0 Å². The number of nitrogens with one attached hydrogen (secondary N) is 1. The molecule has 2 rings (SSSR count). The summed E-state index contributed by atoms with van der Waals surface area (Å²) in [6.45, 7) is 7.23. The van der Waals surface area contributed by atoms with Crippen molar-refractivity contribution >= 4 is 11.8 Å². The Labute approximate surface area is 119 Å². The molecule has 104 valence electrons. The first-order valence-electron chi connectivity index (χ1n) is 6.51. The Bertz CT molecular complexity index is 467. The summed E-state index contributed by atoms with van der Waals surface area (Å²) in [6.07, 6.45) is 4.28. The molecule has 1 N–H and O–H groups in total. The molecule has 19 heavy (non-hydrogen) atoms. The van der Waals surface area contributed by atoms with Gasteiger partial charge in [0, 0.05) is 18.0 Å². The molecular formula is C15H21NO2S. The van der Waals surface area contributed by atoms with Crippen molar-refractivity contribution in [2.45, 2.75) is 25.3 Å². The highest BCUT2D eigenvalue weighted by Gasteiger charge is 2.15. The SMILES string of the molecule is CSc1cc2c(cc1CNCC=C(C)C)OCCO2. The Morgan fingerprint density at radius 1 is 1.26 bits per heavy atom. The minimum Gasteiger partial charge on any atom is -0.486 e. The summed E-state index contributed by atoms with van der Waals surface area (Å²) in [5.74, 6) is 1.73. The normalized spacial score (nSPS) is 13.2. The quantitative estimate of drug-likeness (QED) is 0.509. The van der Waals surface area contributed by atoms with Crippen molar-refractivity contribution in [1.82, 2.24) is 5.32 Å². The lowest BCUT2D eigenvalue weighted by Gasteiger charge is -2.20. The number of hydrogen-bond acceptors (Lipinski definition) is 4. The monoisotopic (exact) mass is 279 g/mol. The van der Waals surface area contributed by atoms with E-state index in [1.54, 1.807) is 11.8 Å². The summed E-state index contributed by atoms with van der Waals surface area (Å²) < 4.78 is 11.2. The number of rotatable bonds is 5. The zero-order valence-corrected chi connectivity index (χ0v) is 12.6. The van der Waals surface area contributed by atoms with Gasteiger partial charge in [-0.2, -0.15) is 0 Å². The highest BCUT2D eigenvalue weighted by Crippen LogP contribution is 2.36. The van der Waals surface area contributed by atoms with E-state index in [2.05, 4.69) is 43.6 Å². The van der Waals surface area contributed by atoms with E-state index in [-0.39, 0.29) is 0 Å². The van der Waals surface area contributed by atoms with Gasteiger partial charge in [0.05, 0.1) is 0 Å². The van der Waals surface area contributed by atoms with Gasteiger partial charge in [0.1, 0.15) is 13.2 Å². The Balaban J connectivity index is 2.08. The molecule has 1 aliphatic heterocycles. The maximum atomic E-state index is 5.63. The Morgan fingerprint density at radius 3 is 2.58 bits per heavy atom. The first-order chi connectivity index (χ1) is 9.20. The number of ether oxygens (including phenoxy) is 2. The molecule has 0 saturated carbocycles. The molecule has 4 heteroatoms. The van der Waals surface area contributed by atoms with Gasteiger partial charge in [0.15, 0.2) is 11.5 Å². The molecule has 1 heterocycles. The van der Waals surface area contributed by atoms with E-state index < -0.39 is 0 Å². The highest BCUT2D eigenvalue weighted by molar-refractivity contribution is 7.98. The van der Waals surface area contributed by atoms with Crippen LogP contribution in [0.25, 0.3) is 0 Å². The van der Waals surface area contributed by atoms with Gasteiger partial charge in [-0.05, 0) is 37.8 Å². The summed E-state index contributed by atoms with van der Waals surface area (Å²) in [5.41, 5.74) is 2.60. The highest BCUT2D eigenvalue weighted by atomic mass is 32.2. The fourth-order valence-corrected chi connectivity index (χ4v) is 2.54. The second-order valence-corrected chi connectivity index (χ2v) is 5.57. The van der Waals surface area contributed by atoms with Gasteiger partial charge in [-0.1, -0.05) is 11.6 Å². The third kappa shape index (κ3) is 3.91. The van der Waals surface area contributed by atoms with Crippen LogP contribution in [-0.4, -0.2) is 26.0 Å². The molecule has 0 atom stereocenters. The fraction of sp³-hybridized carbons (Fsp3) is 0.467. The summed E-state index contributed by atoms with van der Waals surface area (Å²) in [5, 5.41) is 3.43. The second kappa shape index (κ2) is 6.87. The molecule has 1 aliphatic rings. The van der Waals surface area contributed by atoms with Crippen LogP contribution in [0.15, 0.2) is 28.7 Å². The molecule has 0 aliphatic carbocycles. The first kappa shape index (κ1) is 14.3. The van der Waals surface area contributed by atoms with Gasteiger partial charge in [-0.25, -0.2) is 0 Å². The minimum absolute atomic E-state index is 0.635. The van der Waals surface area contributed by atoms with Crippen LogP contribution in [-0.2, 0) is 6.54 Å². The van der Waals surface area contributed by atoms with E-state index in [0.717, 1.165) is 24.6 Å². The molecule has 0 saturated heterocycles.